The van der Waals surface area contributed by atoms with E-state index in [0.29, 0.717) is 10.8 Å². The average molecular weight is 412 g/mol. The Bertz CT molecular complexity index is 992. The highest BCUT2D eigenvalue weighted by atomic mass is 35.5. The number of amides is 1. The van der Waals surface area contributed by atoms with E-state index in [1.165, 1.54) is 19.3 Å². The van der Waals surface area contributed by atoms with Gasteiger partial charge < -0.3 is 10.1 Å². The second kappa shape index (κ2) is 7.94. The molecule has 0 spiro atoms. The summed E-state index contributed by atoms with van der Waals surface area (Å²) in [4.78, 5) is 12.5. The van der Waals surface area contributed by atoms with Crippen molar-refractivity contribution in [1.82, 2.24) is 9.78 Å². The molecule has 2 aromatic carbocycles. The summed E-state index contributed by atoms with van der Waals surface area (Å²) in [6, 6.07) is 11.3. The number of ether oxygens (including phenoxy) is 1. The molecular formula is C18H13Cl2F2N3O2. The third kappa shape index (κ3) is 4.37. The molecule has 1 amide bonds. The number of aromatic nitrogens is 2. The van der Waals surface area contributed by atoms with E-state index in [2.05, 4.69) is 10.4 Å². The Labute approximate surface area is 163 Å². The lowest BCUT2D eigenvalue weighted by molar-refractivity contribution is 0.101. The number of benzene rings is 2. The standard InChI is InChI=1S/C18H13Cl2F2N3O2/c1-25-9-11(16(24-25)17(21)22)18(26)23-13-4-2-3-5-15(13)27-14-7-6-10(19)8-12(14)20/h2-9,17H,1H3,(H,23,26). The first-order chi connectivity index (χ1) is 12.8. The van der Waals surface area contributed by atoms with Crippen molar-refractivity contribution in [1.29, 1.82) is 0 Å². The van der Waals surface area contributed by atoms with Crippen LogP contribution in [0.25, 0.3) is 0 Å². The van der Waals surface area contributed by atoms with Gasteiger partial charge in [-0.05, 0) is 30.3 Å². The van der Waals surface area contributed by atoms with Crippen LogP contribution >= 0.6 is 23.2 Å². The maximum atomic E-state index is 13.1. The van der Waals surface area contributed by atoms with Crippen LogP contribution in [-0.4, -0.2) is 15.7 Å². The third-order valence-corrected chi connectivity index (χ3v) is 4.09. The van der Waals surface area contributed by atoms with Crippen molar-refractivity contribution < 1.29 is 18.3 Å². The number of para-hydroxylation sites is 2. The summed E-state index contributed by atoms with van der Waals surface area (Å²) in [5.41, 5.74) is -0.515. The highest BCUT2D eigenvalue weighted by Gasteiger charge is 2.23. The number of hydrogen-bond donors (Lipinski definition) is 1. The Hall–Kier alpha value is -2.64. The summed E-state index contributed by atoms with van der Waals surface area (Å²) in [7, 11) is 1.46. The monoisotopic (exact) mass is 411 g/mol. The fourth-order valence-electron chi connectivity index (χ4n) is 2.37. The fourth-order valence-corrected chi connectivity index (χ4v) is 2.81. The van der Waals surface area contributed by atoms with Gasteiger partial charge in [-0.15, -0.1) is 0 Å². The smallest absolute Gasteiger partial charge is 0.282 e. The summed E-state index contributed by atoms with van der Waals surface area (Å²) in [6.45, 7) is 0. The number of hydrogen-bond acceptors (Lipinski definition) is 3. The highest BCUT2D eigenvalue weighted by molar-refractivity contribution is 6.35. The van der Waals surface area contributed by atoms with Crippen LogP contribution < -0.4 is 10.1 Å². The topological polar surface area (TPSA) is 56.2 Å². The molecule has 5 nitrogen and oxygen atoms in total. The van der Waals surface area contributed by atoms with Crippen LogP contribution in [0.2, 0.25) is 10.0 Å². The molecule has 1 N–H and O–H groups in total. The molecule has 9 heteroatoms. The van der Waals surface area contributed by atoms with Gasteiger partial charge in [0.15, 0.2) is 5.75 Å². The van der Waals surface area contributed by atoms with E-state index in [9.17, 15) is 13.6 Å². The number of carbonyl (C=O) groups is 1. The number of alkyl halides is 2. The fraction of sp³-hybridized carbons (Fsp3) is 0.111. The zero-order valence-corrected chi connectivity index (χ0v) is 15.4. The minimum absolute atomic E-state index is 0.216. The van der Waals surface area contributed by atoms with E-state index >= 15 is 0 Å². The minimum Gasteiger partial charge on any atom is -0.454 e. The van der Waals surface area contributed by atoms with Crippen LogP contribution in [0.15, 0.2) is 48.7 Å². The van der Waals surface area contributed by atoms with Crippen molar-refractivity contribution in [2.75, 3.05) is 5.32 Å². The maximum absolute atomic E-state index is 13.1. The molecule has 0 aliphatic heterocycles. The Morgan fingerprint density at radius 3 is 2.63 bits per heavy atom. The van der Waals surface area contributed by atoms with Crippen LogP contribution in [0.4, 0.5) is 14.5 Å². The number of nitrogens with zero attached hydrogens (tertiary/aromatic N) is 2. The summed E-state index contributed by atoms with van der Waals surface area (Å²) in [5, 5.41) is 6.93. The molecule has 0 atom stereocenters. The van der Waals surface area contributed by atoms with Gasteiger partial charge in [0.1, 0.15) is 11.4 Å². The van der Waals surface area contributed by atoms with Crippen LogP contribution in [0.3, 0.4) is 0 Å². The van der Waals surface area contributed by atoms with E-state index in [1.54, 1.807) is 36.4 Å². The van der Waals surface area contributed by atoms with E-state index in [0.717, 1.165) is 4.68 Å². The molecule has 140 valence electrons. The molecule has 0 saturated heterocycles. The van der Waals surface area contributed by atoms with Crippen LogP contribution in [0, 0.1) is 0 Å². The number of carbonyl (C=O) groups excluding carboxylic acids is 1. The van der Waals surface area contributed by atoms with Gasteiger partial charge in [-0.2, -0.15) is 5.10 Å². The second-order valence-electron chi connectivity index (χ2n) is 5.53. The molecule has 3 aromatic rings. The highest BCUT2D eigenvalue weighted by Crippen LogP contribution is 2.35. The Morgan fingerprint density at radius 1 is 1.19 bits per heavy atom. The largest absolute Gasteiger partial charge is 0.454 e. The third-order valence-electron chi connectivity index (χ3n) is 3.56. The molecule has 0 fully saturated rings. The van der Waals surface area contributed by atoms with Crippen molar-refractivity contribution in [3.8, 4) is 11.5 Å². The van der Waals surface area contributed by atoms with Crippen LogP contribution in [0.5, 0.6) is 11.5 Å². The molecule has 1 aromatic heterocycles. The molecule has 3 rings (SSSR count). The number of anilines is 1. The molecule has 0 aliphatic rings. The number of nitrogens with one attached hydrogen (secondary N) is 1. The first-order valence-electron chi connectivity index (χ1n) is 7.70. The first kappa shape index (κ1) is 19.1. The van der Waals surface area contributed by atoms with Gasteiger partial charge in [0.25, 0.3) is 12.3 Å². The molecular weight excluding hydrogens is 399 g/mol. The van der Waals surface area contributed by atoms with E-state index in [4.69, 9.17) is 27.9 Å². The molecule has 0 radical (unpaired) electrons. The zero-order valence-electron chi connectivity index (χ0n) is 13.9. The van der Waals surface area contributed by atoms with E-state index < -0.39 is 18.0 Å². The predicted molar refractivity (Wildman–Crippen MR) is 99.1 cm³/mol. The molecule has 0 bridgehead atoms. The van der Waals surface area contributed by atoms with Gasteiger partial charge >= 0.3 is 0 Å². The summed E-state index contributed by atoms with van der Waals surface area (Å²) < 4.78 is 33.1. The number of aryl methyl sites for hydroxylation is 1. The van der Waals surface area contributed by atoms with E-state index in [-0.39, 0.29) is 22.0 Å². The van der Waals surface area contributed by atoms with Gasteiger partial charge in [0.05, 0.1) is 16.3 Å². The van der Waals surface area contributed by atoms with Crippen LogP contribution in [0.1, 0.15) is 22.5 Å². The van der Waals surface area contributed by atoms with Crippen LogP contribution in [-0.2, 0) is 7.05 Å². The molecule has 1 heterocycles. The lowest BCUT2D eigenvalue weighted by atomic mass is 10.2. The zero-order chi connectivity index (χ0) is 19.6. The molecule has 27 heavy (non-hydrogen) atoms. The SMILES string of the molecule is Cn1cc(C(=O)Nc2ccccc2Oc2ccc(Cl)cc2Cl)c(C(F)F)n1. The lowest BCUT2D eigenvalue weighted by Crippen LogP contribution is -2.14. The van der Waals surface area contributed by atoms with Crippen molar-refractivity contribution in [2.45, 2.75) is 6.43 Å². The average Bonchev–Trinajstić information content (AvgIpc) is 3.01. The van der Waals surface area contributed by atoms with E-state index in [1.807, 2.05) is 0 Å². The van der Waals surface area contributed by atoms with Gasteiger partial charge in [0.2, 0.25) is 0 Å². The second-order valence-corrected chi connectivity index (χ2v) is 6.37. The predicted octanol–water partition coefficient (Wildman–Crippen LogP) is 5.71. The molecule has 0 unspecified atom stereocenters. The lowest BCUT2D eigenvalue weighted by Gasteiger charge is -2.13. The molecule has 0 saturated carbocycles. The van der Waals surface area contributed by atoms with Gasteiger partial charge in [0, 0.05) is 18.3 Å². The molecule has 0 aliphatic carbocycles. The Kier molecular flexibility index (Phi) is 5.62. The number of rotatable bonds is 5. The number of halogens is 4. The Morgan fingerprint density at radius 2 is 1.93 bits per heavy atom. The van der Waals surface area contributed by atoms with Gasteiger partial charge in [-0.1, -0.05) is 35.3 Å². The summed E-state index contributed by atoms with van der Waals surface area (Å²) in [5.74, 6) is -0.105. The van der Waals surface area contributed by atoms with Crippen molar-refractivity contribution in [3.63, 3.8) is 0 Å². The summed E-state index contributed by atoms with van der Waals surface area (Å²) in [6.07, 6.45) is -1.64. The normalized spacial score (nSPS) is 10.9. The minimum atomic E-state index is -2.87. The first-order valence-corrected chi connectivity index (χ1v) is 8.45. The Balaban J connectivity index is 1.87. The van der Waals surface area contributed by atoms with Crippen molar-refractivity contribution >= 4 is 34.8 Å². The van der Waals surface area contributed by atoms with Gasteiger partial charge in [-0.25, -0.2) is 8.78 Å². The quantitative estimate of drug-likeness (QED) is 0.584. The maximum Gasteiger partial charge on any atom is 0.282 e. The van der Waals surface area contributed by atoms with Crippen molar-refractivity contribution in [3.05, 3.63) is 70.0 Å². The van der Waals surface area contributed by atoms with Gasteiger partial charge in [-0.3, -0.25) is 9.48 Å². The van der Waals surface area contributed by atoms with Crippen molar-refractivity contribution in [2.24, 2.45) is 7.05 Å². The summed E-state index contributed by atoms with van der Waals surface area (Å²) >= 11 is 12.0.